The zero-order chi connectivity index (χ0) is 18.1. The summed E-state index contributed by atoms with van der Waals surface area (Å²) in [6, 6.07) is 28.9. The summed E-state index contributed by atoms with van der Waals surface area (Å²) in [5.74, 6) is 2.14. The fraction of sp³-hybridized carbons (Fsp3) is 0.200. The minimum Gasteiger partial charge on any atom is -0.378 e. The molecule has 27 heavy (non-hydrogen) atoms. The first-order valence-corrected chi connectivity index (χ1v) is 10.7. The summed E-state index contributed by atoms with van der Waals surface area (Å²) in [4.78, 5) is 1.33. The van der Waals surface area contributed by atoms with Crippen LogP contribution in [-0.4, -0.2) is 0 Å². The van der Waals surface area contributed by atoms with Gasteiger partial charge in [-0.2, -0.15) is 0 Å². The van der Waals surface area contributed by atoms with Crippen LogP contribution in [0.3, 0.4) is 0 Å². The Balaban J connectivity index is 1.42. The fourth-order valence-electron chi connectivity index (χ4n) is 4.41. The van der Waals surface area contributed by atoms with Gasteiger partial charge in [0.25, 0.3) is 0 Å². The van der Waals surface area contributed by atoms with E-state index in [1.165, 1.54) is 27.3 Å². The Morgan fingerprint density at radius 3 is 2.48 bits per heavy atom. The predicted molar refractivity (Wildman–Crippen MR) is 115 cm³/mol. The molecule has 0 radical (unpaired) electrons. The van der Waals surface area contributed by atoms with E-state index < -0.39 is 0 Å². The highest BCUT2D eigenvalue weighted by molar-refractivity contribution is 7.98. The van der Waals surface area contributed by atoms with Crippen molar-refractivity contribution in [1.29, 1.82) is 0 Å². The number of hydrogen-bond acceptors (Lipinski definition) is 2. The number of anilines is 1. The Kier molecular flexibility index (Phi) is 4.51. The Labute approximate surface area is 165 Å². The first-order chi connectivity index (χ1) is 13.4. The highest BCUT2D eigenvalue weighted by Gasteiger charge is 2.37. The van der Waals surface area contributed by atoms with Crippen LogP contribution in [-0.2, 0) is 5.75 Å². The summed E-state index contributed by atoms with van der Waals surface area (Å²) >= 11 is 1.91. The molecule has 5 rings (SSSR count). The van der Waals surface area contributed by atoms with E-state index in [1.807, 2.05) is 11.8 Å². The molecule has 2 aliphatic rings. The molecule has 0 saturated heterocycles. The molecule has 0 bridgehead atoms. The molecular formula is C25H23NS. The Morgan fingerprint density at radius 2 is 1.67 bits per heavy atom. The molecule has 1 aliphatic carbocycles. The van der Waals surface area contributed by atoms with Crippen LogP contribution in [0, 0.1) is 5.92 Å². The molecule has 1 N–H and O–H groups in total. The van der Waals surface area contributed by atoms with Crippen molar-refractivity contribution in [2.45, 2.75) is 29.0 Å². The zero-order valence-corrected chi connectivity index (χ0v) is 16.0. The summed E-state index contributed by atoms with van der Waals surface area (Å²) in [7, 11) is 0. The molecule has 134 valence electrons. The Bertz CT molecular complexity index is 949. The van der Waals surface area contributed by atoms with Gasteiger partial charge >= 0.3 is 0 Å². The SMILES string of the molecule is C1=C[C@@H]2c3cc(CSc4ccccc4)ccc3N[C@@H](c3ccccc3)[C@H]2C1. The average molecular weight is 370 g/mol. The van der Waals surface area contributed by atoms with Crippen molar-refractivity contribution in [2.24, 2.45) is 5.92 Å². The van der Waals surface area contributed by atoms with Gasteiger partial charge in [0.05, 0.1) is 6.04 Å². The van der Waals surface area contributed by atoms with Crippen molar-refractivity contribution < 1.29 is 0 Å². The van der Waals surface area contributed by atoms with Crippen molar-refractivity contribution in [3.63, 3.8) is 0 Å². The molecule has 0 spiro atoms. The highest BCUT2D eigenvalue weighted by atomic mass is 32.2. The third kappa shape index (κ3) is 3.30. The van der Waals surface area contributed by atoms with Crippen LogP contribution in [0.1, 0.15) is 35.1 Å². The van der Waals surface area contributed by atoms with Gasteiger partial charge < -0.3 is 5.32 Å². The molecule has 0 fully saturated rings. The number of hydrogen-bond donors (Lipinski definition) is 1. The van der Waals surface area contributed by atoms with E-state index in [0.717, 1.165) is 12.2 Å². The minimum absolute atomic E-state index is 0.392. The van der Waals surface area contributed by atoms with Gasteiger partial charge in [-0.1, -0.05) is 72.8 Å². The molecule has 3 aromatic carbocycles. The van der Waals surface area contributed by atoms with Crippen molar-refractivity contribution in [2.75, 3.05) is 5.32 Å². The Morgan fingerprint density at radius 1 is 0.889 bits per heavy atom. The van der Waals surface area contributed by atoms with Gasteiger partial charge in [0.2, 0.25) is 0 Å². The minimum atomic E-state index is 0.392. The number of benzene rings is 3. The van der Waals surface area contributed by atoms with Gasteiger partial charge in [-0.25, -0.2) is 0 Å². The first-order valence-electron chi connectivity index (χ1n) is 9.67. The molecular weight excluding hydrogens is 346 g/mol. The zero-order valence-electron chi connectivity index (χ0n) is 15.2. The number of allylic oxidation sites excluding steroid dienone is 2. The highest BCUT2D eigenvalue weighted by Crippen LogP contribution is 2.50. The quantitative estimate of drug-likeness (QED) is 0.401. The smallest absolute Gasteiger partial charge is 0.0553 e. The second kappa shape index (κ2) is 7.28. The van der Waals surface area contributed by atoms with Crippen LogP contribution in [0.25, 0.3) is 0 Å². The number of rotatable bonds is 4. The molecule has 1 nitrogen and oxygen atoms in total. The van der Waals surface area contributed by atoms with Gasteiger partial charge in [-0.3, -0.25) is 0 Å². The standard InChI is InChI=1S/C25H23NS/c1-3-8-19(9-4-1)25-22-13-7-12-21(22)23-16-18(14-15-24(23)26-25)17-27-20-10-5-2-6-11-20/h1-12,14-16,21-22,25-26H,13,17H2/t21-,22-,25-/m0/s1. The topological polar surface area (TPSA) is 12.0 Å². The Hall–Kier alpha value is -2.45. The summed E-state index contributed by atoms with van der Waals surface area (Å²) in [6.45, 7) is 0. The van der Waals surface area contributed by atoms with E-state index in [0.29, 0.717) is 17.9 Å². The molecule has 1 heterocycles. The van der Waals surface area contributed by atoms with Crippen molar-refractivity contribution >= 4 is 17.4 Å². The van der Waals surface area contributed by atoms with Crippen LogP contribution >= 0.6 is 11.8 Å². The maximum atomic E-state index is 3.84. The van der Waals surface area contributed by atoms with E-state index in [1.54, 1.807) is 0 Å². The normalized spacial score (nSPS) is 22.7. The molecule has 3 aromatic rings. The summed E-state index contributed by atoms with van der Waals surface area (Å²) in [5, 5.41) is 3.84. The van der Waals surface area contributed by atoms with E-state index in [4.69, 9.17) is 0 Å². The molecule has 2 heteroatoms. The van der Waals surface area contributed by atoms with E-state index in [9.17, 15) is 0 Å². The van der Waals surface area contributed by atoms with Crippen LogP contribution in [0.15, 0.2) is 95.9 Å². The molecule has 3 atom stereocenters. The third-order valence-electron chi connectivity index (χ3n) is 5.73. The molecule has 1 aliphatic heterocycles. The lowest BCUT2D eigenvalue weighted by atomic mass is 9.77. The van der Waals surface area contributed by atoms with Gasteiger partial charge in [0.15, 0.2) is 0 Å². The van der Waals surface area contributed by atoms with Crippen LogP contribution in [0.4, 0.5) is 5.69 Å². The first kappa shape index (κ1) is 16.7. The second-order valence-corrected chi connectivity index (χ2v) is 8.46. The largest absolute Gasteiger partial charge is 0.378 e. The lowest BCUT2D eigenvalue weighted by Crippen LogP contribution is -2.29. The lowest BCUT2D eigenvalue weighted by molar-refractivity contribution is 0.425. The fourth-order valence-corrected chi connectivity index (χ4v) is 5.27. The number of thioether (sulfide) groups is 1. The monoisotopic (exact) mass is 369 g/mol. The van der Waals surface area contributed by atoms with Crippen LogP contribution < -0.4 is 5.32 Å². The summed E-state index contributed by atoms with van der Waals surface area (Å²) in [6.07, 6.45) is 5.95. The molecule has 0 saturated carbocycles. The van der Waals surface area contributed by atoms with E-state index >= 15 is 0 Å². The summed E-state index contributed by atoms with van der Waals surface area (Å²) < 4.78 is 0. The van der Waals surface area contributed by atoms with Gasteiger partial charge in [0, 0.05) is 22.3 Å². The average Bonchev–Trinajstić information content (AvgIpc) is 3.23. The molecule has 0 aromatic heterocycles. The second-order valence-electron chi connectivity index (χ2n) is 7.41. The summed E-state index contributed by atoms with van der Waals surface area (Å²) in [5.41, 5.74) is 5.56. The number of fused-ring (bicyclic) bond motifs is 3. The number of nitrogens with one attached hydrogen (secondary N) is 1. The maximum absolute atomic E-state index is 3.84. The van der Waals surface area contributed by atoms with Crippen LogP contribution in [0.2, 0.25) is 0 Å². The molecule has 0 amide bonds. The van der Waals surface area contributed by atoms with Crippen molar-refractivity contribution in [1.82, 2.24) is 0 Å². The lowest BCUT2D eigenvalue weighted by Gasteiger charge is -2.37. The maximum Gasteiger partial charge on any atom is 0.0553 e. The molecule has 0 unspecified atom stereocenters. The van der Waals surface area contributed by atoms with E-state index in [2.05, 4.69) is 96.3 Å². The predicted octanol–water partition coefficient (Wildman–Crippen LogP) is 6.81. The van der Waals surface area contributed by atoms with Crippen LogP contribution in [0.5, 0.6) is 0 Å². The van der Waals surface area contributed by atoms with Gasteiger partial charge in [0.1, 0.15) is 0 Å². The van der Waals surface area contributed by atoms with Gasteiger partial charge in [-0.15, -0.1) is 11.8 Å². The van der Waals surface area contributed by atoms with Crippen molar-refractivity contribution in [3.8, 4) is 0 Å². The van der Waals surface area contributed by atoms with Gasteiger partial charge in [-0.05, 0) is 47.2 Å². The van der Waals surface area contributed by atoms with Crippen molar-refractivity contribution in [3.05, 3.63) is 108 Å². The van der Waals surface area contributed by atoms with E-state index in [-0.39, 0.29) is 0 Å². The third-order valence-corrected chi connectivity index (χ3v) is 6.82.